The second-order valence-corrected chi connectivity index (χ2v) is 8.01. The predicted octanol–water partition coefficient (Wildman–Crippen LogP) is 4.16. The van der Waals surface area contributed by atoms with Gasteiger partial charge in [0.05, 0.1) is 32.6 Å². The van der Waals surface area contributed by atoms with Crippen LogP contribution in [0.5, 0.6) is 17.2 Å². The van der Waals surface area contributed by atoms with E-state index in [-0.39, 0.29) is 0 Å². The van der Waals surface area contributed by atoms with Gasteiger partial charge in [-0.05, 0) is 24.3 Å². The number of nitrogens with zero attached hydrogens (tertiary/aromatic N) is 3. The second-order valence-electron chi connectivity index (χ2n) is 7.15. The van der Waals surface area contributed by atoms with Gasteiger partial charge in [0.2, 0.25) is 0 Å². The molecule has 2 heterocycles. The Morgan fingerprint density at radius 2 is 1.73 bits per heavy atom. The van der Waals surface area contributed by atoms with Crippen LogP contribution in [0.1, 0.15) is 5.69 Å². The molecular weight excluding hydrogens is 398 g/mol. The van der Waals surface area contributed by atoms with E-state index in [0.29, 0.717) is 0 Å². The number of hydrogen-bond acceptors (Lipinski definition) is 7. The van der Waals surface area contributed by atoms with Gasteiger partial charge in [-0.25, -0.2) is 4.98 Å². The van der Waals surface area contributed by atoms with Crippen LogP contribution < -0.4 is 19.1 Å². The first-order valence-electron chi connectivity index (χ1n) is 9.99. The molecule has 4 rings (SSSR count). The molecule has 0 saturated carbocycles. The number of rotatable bonds is 7. The highest BCUT2D eigenvalue weighted by atomic mass is 32.1. The molecule has 0 bridgehead atoms. The van der Waals surface area contributed by atoms with Crippen molar-refractivity contribution in [2.24, 2.45) is 0 Å². The van der Waals surface area contributed by atoms with E-state index in [1.54, 1.807) is 32.7 Å². The minimum absolute atomic E-state index is 0.723. The zero-order valence-corrected chi connectivity index (χ0v) is 18.4. The lowest BCUT2D eigenvalue weighted by Gasteiger charge is -2.35. The number of aromatic nitrogens is 1. The lowest BCUT2D eigenvalue weighted by atomic mass is 10.2. The van der Waals surface area contributed by atoms with Crippen LogP contribution in [0, 0.1) is 0 Å². The maximum absolute atomic E-state index is 5.57. The van der Waals surface area contributed by atoms with Crippen molar-refractivity contribution in [1.29, 1.82) is 0 Å². The van der Waals surface area contributed by atoms with Crippen molar-refractivity contribution in [3.8, 4) is 27.8 Å². The number of anilines is 1. The van der Waals surface area contributed by atoms with Gasteiger partial charge in [0.15, 0.2) is 11.5 Å². The fraction of sp³-hybridized carbons (Fsp3) is 0.348. The number of hydrogen-bond donors (Lipinski definition) is 0. The van der Waals surface area contributed by atoms with Crippen LogP contribution in [0.4, 0.5) is 5.69 Å². The first-order valence-corrected chi connectivity index (χ1v) is 10.9. The van der Waals surface area contributed by atoms with Crippen LogP contribution in [0.3, 0.4) is 0 Å². The van der Waals surface area contributed by atoms with Crippen molar-refractivity contribution in [2.45, 2.75) is 6.54 Å². The molecule has 1 aromatic heterocycles. The highest BCUT2D eigenvalue weighted by Gasteiger charge is 2.20. The first-order chi connectivity index (χ1) is 14.7. The lowest BCUT2D eigenvalue weighted by molar-refractivity contribution is 0.247. The smallest absolute Gasteiger partial charge is 0.170 e. The maximum atomic E-state index is 5.57. The van der Waals surface area contributed by atoms with E-state index in [9.17, 15) is 0 Å². The van der Waals surface area contributed by atoms with Crippen molar-refractivity contribution in [2.75, 3.05) is 52.4 Å². The second kappa shape index (κ2) is 9.36. The van der Waals surface area contributed by atoms with Crippen molar-refractivity contribution in [3.05, 3.63) is 53.5 Å². The van der Waals surface area contributed by atoms with Crippen LogP contribution in [-0.4, -0.2) is 57.4 Å². The topological polar surface area (TPSA) is 47.1 Å². The molecule has 0 aliphatic carbocycles. The Morgan fingerprint density at radius 3 is 2.47 bits per heavy atom. The molecule has 0 radical (unpaired) electrons. The third-order valence-electron chi connectivity index (χ3n) is 5.36. The summed E-state index contributed by atoms with van der Waals surface area (Å²) in [5.41, 5.74) is 3.28. The monoisotopic (exact) mass is 425 g/mol. The van der Waals surface area contributed by atoms with Gasteiger partial charge in [0, 0.05) is 49.9 Å². The van der Waals surface area contributed by atoms with E-state index in [2.05, 4.69) is 27.3 Å². The molecule has 0 amide bonds. The van der Waals surface area contributed by atoms with Crippen molar-refractivity contribution in [3.63, 3.8) is 0 Å². The summed E-state index contributed by atoms with van der Waals surface area (Å²) in [7, 11) is 5.03. The molecule has 1 saturated heterocycles. The molecule has 1 aliphatic rings. The van der Waals surface area contributed by atoms with Crippen molar-refractivity contribution >= 4 is 17.0 Å². The van der Waals surface area contributed by atoms with Gasteiger partial charge in [0.25, 0.3) is 0 Å². The Balaban J connectivity index is 1.40. The van der Waals surface area contributed by atoms with Gasteiger partial charge in [-0.15, -0.1) is 11.3 Å². The van der Waals surface area contributed by atoms with Gasteiger partial charge in [-0.1, -0.05) is 12.1 Å². The van der Waals surface area contributed by atoms with Crippen LogP contribution in [-0.2, 0) is 6.54 Å². The standard InChI is InChI=1S/C23H27N3O3S/c1-27-19-7-4-6-18(14-19)26-12-10-25(11-13-26)15-17-16-30-23(24-17)20-8-5-9-21(28-2)22(20)29-3/h4-9,14,16H,10-13,15H2,1-3H3. The largest absolute Gasteiger partial charge is 0.497 e. The Bertz CT molecular complexity index is 983. The summed E-state index contributed by atoms with van der Waals surface area (Å²) in [6.07, 6.45) is 0. The number of para-hydroxylation sites is 1. The summed E-state index contributed by atoms with van der Waals surface area (Å²) in [5, 5.41) is 3.10. The number of piperazine rings is 1. The fourth-order valence-corrected chi connectivity index (χ4v) is 4.59. The molecular formula is C23H27N3O3S. The molecule has 2 aromatic carbocycles. The third kappa shape index (κ3) is 4.37. The summed E-state index contributed by atoms with van der Waals surface area (Å²) < 4.78 is 16.3. The summed E-state index contributed by atoms with van der Waals surface area (Å²) in [6.45, 7) is 4.86. The van der Waals surface area contributed by atoms with E-state index < -0.39 is 0 Å². The van der Waals surface area contributed by atoms with Gasteiger partial charge >= 0.3 is 0 Å². The first kappa shape index (κ1) is 20.5. The SMILES string of the molecule is COc1cccc(N2CCN(Cc3csc(-c4cccc(OC)c4OC)n3)CC2)c1. The molecule has 3 aromatic rings. The van der Waals surface area contributed by atoms with E-state index in [0.717, 1.165) is 66.2 Å². The Labute approximate surface area is 181 Å². The molecule has 158 valence electrons. The molecule has 0 N–H and O–H groups in total. The minimum Gasteiger partial charge on any atom is -0.497 e. The summed E-state index contributed by atoms with van der Waals surface area (Å²) in [6, 6.07) is 14.2. The summed E-state index contributed by atoms with van der Waals surface area (Å²) >= 11 is 1.64. The van der Waals surface area contributed by atoms with Gasteiger partial charge in [-0.3, -0.25) is 4.90 Å². The van der Waals surface area contributed by atoms with E-state index >= 15 is 0 Å². The van der Waals surface area contributed by atoms with Crippen LogP contribution in [0.2, 0.25) is 0 Å². The molecule has 1 fully saturated rings. The Hall–Kier alpha value is -2.77. The predicted molar refractivity (Wildman–Crippen MR) is 121 cm³/mol. The molecule has 0 unspecified atom stereocenters. The van der Waals surface area contributed by atoms with Crippen LogP contribution in [0.15, 0.2) is 47.8 Å². The molecule has 6 nitrogen and oxygen atoms in total. The minimum atomic E-state index is 0.723. The van der Waals surface area contributed by atoms with Gasteiger partial charge < -0.3 is 19.1 Å². The fourth-order valence-electron chi connectivity index (χ4n) is 3.76. The molecule has 1 aliphatic heterocycles. The van der Waals surface area contributed by atoms with Crippen LogP contribution >= 0.6 is 11.3 Å². The summed E-state index contributed by atoms with van der Waals surface area (Å²) in [4.78, 5) is 9.74. The molecule has 7 heteroatoms. The van der Waals surface area contributed by atoms with Gasteiger partial charge in [0.1, 0.15) is 10.8 Å². The summed E-state index contributed by atoms with van der Waals surface area (Å²) in [5.74, 6) is 2.35. The Kier molecular flexibility index (Phi) is 6.40. The van der Waals surface area contributed by atoms with E-state index in [4.69, 9.17) is 19.2 Å². The highest BCUT2D eigenvalue weighted by Crippen LogP contribution is 2.39. The number of ether oxygens (including phenoxy) is 3. The lowest BCUT2D eigenvalue weighted by Crippen LogP contribution is -2.46. The quantitative estimate of drug-likeness (QED) is 0.567. The maximum Gasteiger partial charge on any atom is 0.170 e. The number of benzene rings is 2. The van der Waals surface area contributed by atoms with E-state index in [1.807, 2.05) is 30.3 Å². The van der Waals surface area contributed by atoms with Crippen molar-refractivity contribution < 1.29 is 14.2 Å². The molecule has 30 heavy (non-hydrogen) atoms. The zero-order valence-electron chi connectivity index (χ0n) is 17.6. The average Bonchev–Trinajstić information content (AvgIpc) is 3.27. The van der Waals surface area contributed by atoms with Gasteiger partial charge in [-0.2, -0.15) is 0 Å². The highest BCUT2D eigenvalue weighted by molar-refractivity contribution is 7.13. The number of methoxy groups -OCH3 is 3. The zero-order chi connectivity index (χ0) is 20.9. The average molecular weight is 426 g/mol. The Morgan fingerprint density at radius 1 is 0.933 bits per heavy atom. The van der Waals surface area contributed by atoms with Crippen LogP contribution in [0.25, 0.3) is 10.6 Å². The number of thiazole rings is 1. The molecule has 0 spiro atoms. The molecule has 0 atom stereocenters. The van der Waals surface area contributed by atoms with E-state index in [1.165, 1.54) is 5.69 Å². The normalized spacial score (nSPS) is 14.6. The van der Waals surface area contributed by atoms with Crippen molar-refractivity contribution in [1.82, 2.24) is 9.88 Å². The third-order valence-corrected chi connectivity index (χ3v) is 6.29.